The van der Waals surface area contributed by atoms with Crippen molar-refractivity contribution in [2.24, 2.45) is 0 Å². The highest BCUT2D eigenvalue weighted by atomic mass is 16.3. The highest BCUT2D eigenvalue weighted by molar-refractivity contribution is 5.67. The van der Waals surface area contributed by atoms with Crippen LogP contribution in [0.5, 0.6) is 0 Å². The summed E-state index contributed by atoms with van der Waals surface area (Å²) in [5.41, 5.74) is 0.843. The maximum atomic E-state index is 9.82. The first-order valence-electron chi connectivity index (χ1n) is 6.78. The van der Waals surface area contributed by atoms with E-state index in [0.717, 1.165) is 43.2 Å². The second-order valence-electron chi connectivity index (χ2n) is 4.88. The maximum absolute atomic E-state index is 9.82. The van der Waals surface area contributed by atoms with Crippen molar-refractivity contribution in [2.75, 3.05) is 29.9 Å². The number of aliphatic hydroxyl groups is 1. The van der Waals surface area contributed by atoms with Crippen molar-refractivity contribution in [2.45, 2.75) is 25.9 Å². The molecule has 0 amide bonds. The smallest absolute Gasteiger partial charge is 0.180 e. The van der Waals surface area contributed by atoms with E-state index in [2.05, 4.69) is 20.2 Å². The van der Waals surface area contributed by atoms with Gasteiger partial charge in [-0.25, -0.2) is 9.97 Å². The van der Waals surface area contributed by atoms with Crippen LogP contribution in [-0.4, -0.2) is 45.2 Å². The van der Waals surface area contributed by atoms with Crippen LogP contribution in [0, 0.1) is 0 Å². The summed E-state index contributed by atoms with van der Waals surface area (Å²) in [4.78, 5) is 11.1. The van der Waals surface area contributed by atoms with Gasteiger partial charge in [-0.15, -0.1) is 0 Å². The average Bonchev–Trinajstić information content (AvgIpc) is 2.86. The molecule has 1 saturated heterocycles. The Labute approximate surface area is 112 Å². The summed E-state index contributed by atoms with van der Waals surface area (Å²) in [6.07, 6.45) is 7.22. The van der Waals surface area contributed by atoms with Gasteiger partial charge in [0, 0.05) is 32.0 Å². The first-order valence-corrected chi connectivity index (χ1v) is 6.78. The number of nitrogens with one attached hydrogen (secondary N) is 1. The molecule has 3 rings (SSSR count). The monoisotopic (exact) mass is 261 g/mol. The highest BCUT2D eigenvalue weighted by Crippen LogP contribution is 2.24. The summed E-state index contributed by atoms with van der Waals surface area (Å²) >= 11 is 0. The lowest BCUT2D eigenvalue weighted by molar-refractivity contribution is 0.154. The topological polar surface area (TPSA) is 65.7 Å². The Morgan fingerprint density at radius 3 is 3.21 bits per heavy atom. The summed E-state index contributed by atoms with van der Waals surface area (Å²) in [5, 5.41) is 13.1. The maximum Gasteiger partial charge on any atom is 0.180 e. The van der Waals surface area contributed by atoms with Gasteiger partial charge in [-0.3, -0.25) is 0 Å². The Morgan fingerprint density at radius 1 is 1.53 bits per heavy atom. The molecule has 2 aromatic heterocycles. The molecule has 0 radical (unpaired) electrons. The van der Waals surface area contributed by atoms with E-state index in [1.807, 2.05) is 23.7 Å². The van der Waals surface area contributed by atoms with Gasteiger partial charge in [0.2, 0.25) is 0 Å². The predicted octanol–water partition coefficient (Wildman–Crippen LogP) is 1.12. The summed E-state index contributed by atoms with van der Waals surface area (Å²) in [5.74, 6) is 1.69. The number of fused-ring (bicyclic) bond motifs is 1. The molecule has 0 spiro atoms. The van der Waals surface area contributed by atoms with Gasteiger partial charge in [0.05, 0.1) is 12.3 Å². The second kappa shape index (κ2) is 5.05. The lowest BCUT2D eigenvalue weighted by Gasteiger charge is -2.31. The van der Waals surface area contributed by atoms with Crippen molar-refractivity contribution < 1.29 is 5.11 Å². The first kappa shape index (κ1) is 12.2. The van der Waals surface area contributed by atoms with Gasteiger partial charge >= 0.3 is 0 Å². The minimum atomic E-state index is -0.270. The molecular formula is C13H19N5O. The molecule has 1 fully saturated rings. The summed E-state index contributed by atoms with van der Waals surface area (Å²) in [6.45, 7) is 4.42. The third-order valence-electron chi connectivity index (χ3n) is 3.41. The van der Waals surface area contributed by atoms with Gasteiger partial charge in [0.15, 0.2) is 11.5 Å². The molecule has 0 aliphatic carbocycles. The van der Waals surface area contributed by atoms with Crippen molar-refractivity contribution in [3.05, 3.63) is 18.6 Å². The van der Waals surface area contributed by atoms with E-state index in [1.165, 1.54) is 0 Å². The van der Waals surface area contributed by atoms with E-state index in [1.54, 1.807) is 6.20 Å². The molecule has 2 N–H and O–H groups in total. The normalized spacial score (nSPS) is 19.9. The van der Waals surface area contributed by atoms with Crippen molar-refractivity contribution in [1.29, 1.82) is 0 Å². The summed E-state index contributed by atoms with van der Waals surface area (Å²) in [6, 6.07) is 0. The number of anilines is 2. The Kier molecular flexibility index (Phi) is 3.25. The minimum Gasteiger partial charge on any atom is -0.391 e. The Bertz CT molecular complexity index is 567. The molecule has 0 bridgehead atoms. The third kappa shape index (κ3) is 2.35. The molecule has 102 valence electrons. The van der Waals surface area contributed by atoms with Gasteiger partial charge < -0.3 is 19.7 Å². The molecular weight excluding hydrogens is 242 g/mol. The fraction of sp³-hybridized carbons (Fsp3) is 0.538. The molecule has 0 aromatic carbocycles. The van der Waals surface area contributed by atoms with E-state index in [0.29, 0.717) is 6.54 Å². The molecule has 6 nitrogen and oxygen atoms in total. The largest absolute Gasteiger partial charge is 0.391 e. The fourth-order valence-corrected chi connectivity index (χ4v) is 2.54. The van der Waals surface area contributed by atoms with Crippen molar-refractivity contribution in [3.8, 4) is 0 Å². The van der Waals surface area contributed by atoms with Crippen LogP contribution in [0.4, 0.5) is 11.6 Å². The number of aromatic nitrogens is 3. The Balaban J connectivity index is 2.02. The molecule has 2 aromatic rings. The summed E-state index contributed by atoms with van der Waals surface area (Å²) in [7, 11) is 0. The standard InChI is InChI=1S/C13H19N5O/c1-2-14-11-9-18-7-5-15-12(18)13(16-11)17-6-3-4-10(19)8-17/h5,7,9-10,14,19H,2-4,6,8H2,1H3. The van der Waals surface area contributed by atoms with Gasteiger partial charge in [-0.1, -0.05) is 0 Å². The number of rotatable bonds is 3. The predicted molar refractivity (Wildman–Crippen MR) is 74.6 cm³/mol. The number of nitrogens with zero attached hydrogens (tertiary/aromatic N) is 4. The van der Waals surface area contributed by atoms with Crippen LogP contribution >= 0.6 is 0 Å². The molecule has 1 aliphatic rings. The van der Waals surface area contributed by atoms with E-state index in [-0.39, 0.29) is 6.10 Å². The van der Waals surface area contributed by atoms with Crippen LogP contribution in [0.1, 0.15) is 19.8 Å². The molecule has 1 atom stereocenters. The fourth-order valence-electron chi connectivity index (χ4n) is 2.54. The molecule has 1 unspecified atom stereocenters. The first-order chi connectivity index (χ1) is 9.28. The molecule has 1 aliphatic heterocycles. The van der Waals surface area contributed by atoms with Gasteiger partial charge in [-0.05, 0) is 19.8 Å². The number of hydrogen-bond donors (Lipinski definition) is 2. The summed E-state index contributed by atoms with van der Waals surface area (Å²) < 4.78 is 1.97. The minimum absolute atomic E-state index is 0.270. The number of imidazole rings is 1. The van der Waals surface area contributed by atoms with E-state index in [9.17, 15) is 5.11 Å². The second-order valence-corrected chi connectivity index (χ2v) is 4.88. The van der Waals surface area contributed by atoms with Crippen molar-refractivity contribution >= 4 is 17.3 Å². The zero-order chi connectivity index (χ0) is 13.2. The number of β-amino-alcohol motifs (C(OH)–C–C–N with tert-alkyl or cyclic N) is 1. The number of aliphatic hydroxyl groups excluding tert-OH is 1. The van der Waals surface area contributed by atoms with Crippen LogP contribution in [0.15, 0.2) is 18.6 Å². The van der Waals surface area contributed by atoms with Crippen LogP contribution in [0.2, 0.25) is 0 Å². The zero-order valence-corrected chi connectivity index (χ0v) is 11.1. The molecule has 3 heterocycles. The molecule has 6 heteroatoms. The molecule has 0 saturated carbocycles. The van der Waals surface area contributed by atoms with E-state index < -0.39 is 0 Å². The van der Waals surface area contributed by atoms with Crippen LogP contribution in [0.3, 0.4) is 0 Å². The van der Waals surface area contributed by atoms with Crippen molar-refractivity contribution in [1.82, 2.24) is 14.4 Å². The average molecular weight is 261 g/mol. The quantitative estimate of drug-likeness (QED) is 0.867. The van der Waals surface area contributed by atoms with Gasteiger partial charge in [0.25, 0.3) is 0 Å². The number of hydrogen-bond acceptors (Lipinski definition) is 5. The SMILES string of the molecule is CCNc1cn2ccnc2c(N2CCCC(O)C2)n1. The lowest BCUT2D eigenvalue weighted by atomic mass is 10.1. The van der Waals surface area contributed by atoms with E-state index >= 15 is 0 Å². The van der Waals surface area contributed by atoms with E-state index in [4.69, 9.17) is 0 Å². The van der Waals surface area contributed by atoms with Crippen LogP contribution < -0.4 is 10.2 Å². The Morgan fingerprint density at radius 2 is 2.42 bits per heavy atom. The van der Waals surface area contributed by atoms with Gasteiger partial charge in [0.1, 0.15) is 5.82 Å². The zero-order valence-electron chi connectivity index (χ0n) is 11.1. The Hall–Kier alpha value is -1.82. The number of piperidine rings is 1. The van der Waals surface area contributed by atoms with Gasteiger partial charge in [-0.2, -0.15) is 0 Å². The highest BCUT2D eigenvalue weighted by Gasteiger charge is 2.22. The van der Waals surface area contributed by atoms with Crippen molar-refractivity contribution in [3.63, 3.8) is 0 Å². The molecule has 19 heavy (non-hydrogen) atoms. The third-order valence-corrected chi connectivity index (χ3v) is 3.41. The van der Waals surface area contributed by atoms with Crippen LogP contribution in [-0.2, 0) is 0 Å². The van der Waals surface area contributed by atoms with Crippen LogP contribution in [0.25, 0.3) is 5.65 Å². The lowest BCUT2D eigenvalue weighted by Crippen LogP contribution is -2.39.